The Kier molecular flexibility index (Phi) is 6.41. The normalized spacial score (nSPS) is 13.3. The van der Waals surface area contributed by atoms with E-state index in [1.165, 1.54) is 84.5 Å². The van der Waals surface area contributed by atoms with Crippen LogP contribution in [0.2, 0.25) is 0 Å². The molecule has 0 atom stereocenters. The van der Waals surface area contributed by atoms with Crippen LogP contribution in [-0.4, -0.2) is 0 Å². The Morgan fingerprint density at radius 1 is 0.385 bits per heavy atom. The van der Waals surface area contributed by atoms with Gasteiger partial charge in [0.15, 0.2) is 0 Å². The Hall–Kier alpha value is -5.74. The molecule has 0 spiro atoms. The molecule has 0 amide bonds. The van der Waals surface area contributed by atoms with Gasteiger partial charge in [-0.05, 0) is 111 Å². The molecule has 3 heteroatoms. The number of anilines is 3. The highest BCUT2D eigenvalue weighted by molar-refractivity contribution is 7.26. The lowest BCUT2D eigenvalue weighted by Gasteiger charge is -2.27. The summed E-state index contributed by atoms with van der Waals surface area (Å²) in [5.41, 5.74) is 11.3. The second kappa shape index (κ2) is 11.1. The van der Waals surface area contributed by atoms with Gasteiger partial charge >= 0.3 is 0 Å². The Bertz CT molecular complexity index is 3050. The summed E-state index contributed by atoms with van der Waals surface area (Å²) in [7, 11) is 0. The van der Waals surface area contributed by atoms with Crippen molar-refractivity contribution in [3.8, 4) is 22.3 Å². The van der Waals surface area contributed by atoms with Crippen molar-refractivity contribution in [1.29, 1.82) is 0 Å². The molecule has 1 aliphatic rings. The number of fused-ring (bicyclic) bond motifs is 10. The van der Waals surface area contributed by atoms with E-state index >= 15 is 0 Å². The third-order valence-electron chi connectivity index (χ3n) is 11.2. The van der Waals surface area contributed by atoms with Crippen LogP contribution in [0.4, 0.5) is 17.1 Å². The zero-order valence-electron chi connectivity index (χ0n) is 28.9. The van der Waals surface area contributed by atoms with Gasteiger partial charge in [-0.2, -0.15) is 0 Å². The average molecular weight is 700 g/mol. The fourth-order valence-electron chi connectivity index (χ4n) is 8.59. The topological polar surface area (TPSA) is 3.24 Å². The van der Waals surface area contributed by atoms with Gasteiger partial charge in [0, 0.05) is 62.8 Å². The Balaban J connectivity index is 1.04. The van der Waals surface area contributed by atoms with E-state index in [9.17, 15) is 0 Å². The molecule has 0 unspecified atom stereocenters. The summed E-state index contributed by atoms with van der Waals surface area (Å²) in [5.74, 6) is 0. The minimum Gasteiger partial charge on any atom is -0.310 e. The Morgan fingerprint density at radius 3 is 1.87 bits per heavy atom. The monoisotopic (exact) mass is 699 g/mol. The van der Waals surface area contributed by atoms with E-state index in [4.69, 9.17) is 0 Å². The van der Waals surface area contributed by atoms with Gasteiger partial charge in [0.05, 0.1) is 0 Å². The summed E-state index contributed by atoms with van der Waals surface area (Å²) in [6, 6.07) is 61.2. The summed E-state index contributed by atoms with van der Waals surface area (Å²) < 4.78 is 5.30. The first-order valence-electron chi connectivity index (χ1n) is 17.9. The molecular weight excluding hydrogens is 667 g/mol. The third-order valence-corrected chi connectivity index (χ3v) is 13.5. The zero-order valence-corrected chi connectivity index (χ0v) is 30.5. The van der Waals surface area contributed by atoms with Crippen molar-refractivity contribution < 1.29 is 0 Å². The predicted molar refractivity (Wildman–Crippen MR) is 227 cm³/mol. The highest BCUT2D eigenvalue weighted by Gasteiger charge is 2.35. The number of thiophene rings is 2. The van der Waals surface area contributed by atoms with Crippen LogP contribution >= 0.6 is 22.7 Å². The third kappa shape index (κ3) is 4.46. The van der Waals surface area contributed by atoms with Gasteiger partial charge in [-0.15, -0.1) is 22.7 Å². The average Bonchev–Trinajstić information content (AvgIpc) is 3.81. The molecule has 1 aliphatic carbocycles. The van der Waals surface area contributed by atoms with Gasteiger partial charge < -0.3 is 4.90 Å². The van der Waals surface area contributed by atoms with Crippen molar-refractivity contribution in [3.05, 3.63) is 175 Å². The van der Waals surface area contributed by atoms with Gasteiger partial charge in [0.2, 0.25) is 0 Å². The van der Waals surface area contributed by atoms with Crippen LogP contribution in [0, 0.1) is 0 Å². The minimum atomic E-state index is -0.0333. The molecule has 0 radical (unpaired) electrons. The molecule has 1 nitrogen and oxygen atoms in total. The SMILES string of the molecule is CC1(C)c2ccccc2-c2cc(N(c3ccc(-c4ccc5c(c4)sc4cc6ccccc6cc45)cc3)c3ccc4sc5ccccc5c4c3)ccc21. The van der Waals surface area contributed by atoms with E-state index < -0.39 is 0 Å². The maximum atomic E-state index is 2.43. The second-order valence-electron chi connectivity index (χ2n) is 14.6. The molecular formula is C49H33NS2. The summed E-state index contributed by atoms with van der Waals surface area (Å²) in [4.78, 5) is 2.43. The first-order valence-corrected chi connectivity index (χ1v) is 19.5. The van der Waals surface area contributed by atoms with Crippen molar-refractivity contribution in [1.82, 2.24) is 0 Å². The van der Waals surface area contributed by atoms with Crippen LogP contribution in [-0.2, 0) is 5.41 Å². The van der Waals surface area contributed by atoms with Gasteiger partial charge in [0.25, 0.3) is 0 Å². The molecule has 11 rings (SSSR count). The van der Waals surface area contributed by atoms with Crippen molar-refractivity contribution in [3.63, 3.8) is 0 Å². The van der Waals surface area contributed by atoms with Crippen LogP contribution in [0.3, 0.4) is 0 Å². The molecule has 8 aromatic carbocycles. The standard InChI is InChI=1S/C49H33NS2/c1-49(2)43-13-7-5-11-37(43)40-28-35(20-23-44(40)49)50(36-21-24-46-42(29-36)38-12-6-8-14-45(38)51-46)34-18-15-30(16-19-34)33-17-22-39-41-25-31-9-3-4-10-32(31)26-48(41)52-47(39)27-33/h3-29H,1-2H3. The highest BCUT2D eigenvalue weighted by Crippen LogP contribution is 2.51. The number of hydrogen-bond acceptors (Lipinski definition) is 3. The van der Waals surface area contributed by atoms with E-state index in [0.717, 1.165) is 17.1 Å². The van der Waals surface area contributed by atoms with Gasteiger partial charge in [-0.25, -0.2) is 0 Å². The zero-order chi connectivity index (χ0) is 34.6. The van der Waals surface area contributed by atoms with Crippen LogP contribution in [0.15, 0.2) is 164 Å². The summed E-state index contributed by atoms with van der Waals surface area (Å²) in [6.07, 6.45) is 0. The summed E-state index contributed by atoms with van der Waals surface area (Å²) in [6.45, 7) is 4.70. The van der Waals surface area contributed by atoms with Crippen LogP contribution < -0.4 is 4.90 Å². The van der Waals surface area contributed by atoms with E-state index in [1.54, 1.807) is 0 Å². The molecule has 0 bridgehead atoms. The molecule has 0 aliphatic heterocycles. The van der Waals surface area contributed by atoms with Gasteiger partial charge in [-0.1, -0.05) is 111 Å². The highest BCUT2D eigenvalue weighted by atomic mass is 32.1. The first-order chi connectivity index (χ1) is 25.5. The maximum Gasteiger partial charge on any atom is 0.0468 e. The molecule has 10 aromatic rings. The van der Waals surface area contributed by atoms with Crippen LogP contribution in [0.25, 0.3) is 73.4 Å². The Labute approximate surface area is 310 Å². The molecule has 0 fully saturated rings. The molecule has 0 N–H and O–H groups in total. The molecule has 246 valence electrons. The number of rotatable bonds is 4. The molecule has 2 heterocycles. The fraction of sp³-hybridized carbons (Fsp3) is 0.0612. The number of nitrogens with zero attached hydrogens (tertiary/aromatic N) is 1. The molecule has 0 saturated heterocycles. The molecule has 2 aromatic heterocycles. The number of hydrogen-bond donors (Lipinski definition) is 0. The fourth-order valence-corrected chi connectivity index (χ4v) is 10.9. The van der Waals surface area contributed by atoms with Crippen LogP contribution in [0.5, 0.6) is 0 Å². The predicted octanol–water partition coefficient (Wildman–Crippen LogP) is 15.0. The van der Waals surface area contributed by atoms with Crippen molar-refractivity contribution in [2.45, 2.75) is 19.3 Å². The summed E-state index contributed by atoms with van der Waals surface area (Å²) in [5, 5.41) is 7.87. The van der Waals surface area contributed by atoms with Crippen LogP contribution in [0.1, 0.15) is 25.0 Å². The van der Waals surface area contributed by atoms with Gasteiger partial charge in [0.1, 0.15) is 0 Å². The van der Waals surface area contributed by atoms with E-state index in [2.05, 4.69) is 183 Å². The van der Waals surface area contributed by atoms with E-state index in [-0.39, 0.29) is 5.41 Å². The Morgan fingerprint density at radius 2 is 0.981 bits per heavy atom. The lowest BCUT2D eigenvalue weighted by Crippen LogP contribution is -2.15. The van der Waals surface area contributed by atoms with Crippen molar-refractivity contribution >= 4 is 90.9 Å². The molecule has 52 heavy (non-hydrogen) atoms. The minimum absolute atomic E-state index is 0.0333. The van der Waals surface area contributed by atoms with Gasteiger partial charge in [-0.3, -0.25) is 0 Å². The van der Waals surface area contributed by atoms with Crippen molar-refractivity contribution in [2.75, 3.05) is 4.90 Å². The van der Waals surface area contributed by atoms with Crippen molar-refractivity contribution in [2.24, 2.45) is 0 Å². The largest absolute Gasteiger partial charge is 0.310 e. The molecule has 0 saturated carbocycles. The number of benzene rings is 8. The first kappa shape index (κ1) is 29.9. The smallest absolute Gasteiger partial charge is 0.0468 e. The lowest BCUT2D eigenvalue weighted by atomic mass is 9.82. The summed E-state index contributed by atoms with van der Waals surface area (Å²) >= 11 is 3.75. The van der Waals surface area contributed by atoms with E-state index in [1.807, 2.05) is 22.7 Å². The quantitative estimate of drug-likeness (QED) is 0.177. The maximum absolute atomic E-state index is 2.43. The van der Waals surface area contributed by atoms with E-state index in [0.29, 0.717) is 0 Å². The lowest BCUT2D eigenvalue weighted by molar-refractivity contribution is 0.660. The second-order valence-corrected chi connectivity index (χ2v) is 16.7.